The number of amides is 2. The van der Waals surface area contributed by atoms with E-state index < -0.39 is 11.1 Å². The molecular weight excluding hydrogens is 663 g/mol. The summed E-state index contributed by atoms with van der Waals surface area (Å²) in [7, 11) is 0. The zero-order valence-corrected chi connectivity index (χ0v) is 31.2. The molecule has 256 valence electrons. The first-order valence-corrected chi connectivity index (χ1v) is 18.3. The maximum atomic E-state index is 15.3. The molecule has 2 atom stereocenters. The number of aliphatic imine (C=N–C) groups is 1. The van der Waals surface area contributed by atoms with E-state index in [9.17, 15) is 0 Å². The summed E-state index contributed by atoms with van der Waals surface area (Å²) in [5.74, 6) is 1.18. The molecule has 0 saturated carbocycles. The summed E-state index contributed by atoms with van der Waals surface area (Å²) in [4.78, 5) is 27.3. The Kier molecular flexibility index (Phi) is 9.87. The highest BCUT2D eigenvalue weighted by Crippen LogP contribution is 2.54. The lowest BCUT2D eigenvalue weighted by molar-refractivity contribution is 0.0872. The third kappa shape index (κ3) is 6.23. The first-order valence-electron chi connectivity index (χ1n) is 17.2. The van der Waals surface area contributed by atoms with Crippen molar-refractivity contribution in [1.29, 1.82) is 0 Å². The summed E-state index contributed by atoms with van der Waals surface area (Å²) >= 11 is 19.9. The molecule has 3 aliphatic heterocycles. The molecule has 2 amide bonds. The van der Waals surface area contributed by atoms with Gasteiger partial charge in [0.2, 0.25) is 0 Å². The average molecular weight is 710 g/mol. The fourth-order valence-corrected chi connectivity index (χ4v) is 8.51. The number of ether oxygens (including phenoxy) is 1. The molecule has 0 aliphatic carbocycles. The number of amidine groups is 1. The minimum Gasteiger partial charge on any atom is -0.493 e. The monoisotopic (exact) mass is 708 g/mol. The number of hydrogen-bond donors (Lipinski definition) is 0. The number of piperidine rings is 1. The molecule has 2 unspecified atom stereocenters. The summed E-state index contributed by atoms with van der Waals surface area (Å²) in [6.07, 6.45) is 4.42. The van der Waals surface area contributed by atoms with E-state index in [2.05, 4.69) is 39.5 Å². The first-order chi connectivity index (χ1) is 22.8. The van der Waals surface area contributed by atoms with E-state index in [0.717, 1.165) is 42.6 Å². The van der Waals surface area contributed by atoms with Crippen molar-refractivity contribution in [3.63, 3.8) is 0 Å². The molecule has 2 saturated heterocycles. The molecular formula is C39H47Cl3N4O2. The minimum absolute atomic E-state index is 0.0813. The standard InChI is InChI=1S/C39H47Cl3N4O2/c1-7-48-34-25-32(37(2,3)4)33(42)24-31(34)35-43-38(5,26-10-14-28(40)15-11-26)39(6,27-12-16-29(41)17-13-27)46(35)36(47)45-22-18-30(19-23-45)44-20-8-9-21-44/h10-17,24-25,30H,7-9,18-23H2,1-6H3. The number of urea groups is 1. The Labute approximate surface area is 301 Å². The SMILES string of the molecule is CCOc1cc(C(C)(C)C)c(Cl)cc1C1=NC(C)(c2ccc(Cl)cc2)C(C)(c2ccc(Cl)cc2)N1C(=O)N1CCC(N2CCCC2)CC1. The van der Waals surface area contributed by atoms with Gasteiger partial charge in [-0.05, 0) is 118 Å². The molecule has 2 fully saturated rings. The van der Waals surface area contributed by atoms with Crippen LogP contribution in [0.5, 0.6) is 5.75 Å². The fraction of sp³-hybridized carbons (Fsp3) is 0.487. The van der Waals surface area contributed by atoms with Crippen molar-refractivity contribution >= 4 is 46.7 Å². The highest BCUT2D eigenvalue weighted by molar-refractivity contribution is 6.32. The van der Waals surface area contributed by atoms with Crippen LogP contribution in [0.15, 0.2) is 65.7 Å². The van der Waals surface area contributed by atoms with Gasteiger partial charge in [0.15, 0.2) is 0 Å². The van der Waals surface area contributed by atoms with E-state index in [1.807, 2.05) is 77.4 Å². The van der Waals surface area contributed by atoms with Crippen molar-refractivity contribution < 1.29 is 9.53 Å². The van der Waals surface area contributed by atoms with Gasteiger partial charge in [0.05, 0.1) is 12.2 Å². The molecule has 0 N–H and O–H groups in total. The number of carbonyl (C=O) groups is 1. The number of nitrogens with zero attached hydrogens (tertiary/aromatic N) is 4. The summed E-state index contributed by atoms with van der Waals surface area (Å²) in [5, 5.41) is 1.87. The van der Waals surface area contributed by atoms with Crippen LogP contribution in [0, 0.1) is 0 Å². The predicted molar refractivity (Wildman–Crippen MR) is 198 cm³/mol. The highest BCUT2D eigenvalue weighted by Gasteiger charge is 2.60. The van der Waals surface area contributed by atoms with Crippen LogP contribution in [0.2, 0.25) is 15.1 Å². The van der Waals surface area contributed by atoms with Gasteiger partial charge in [-0.1, -0.05) is 79.8 Å². The number of halogens is 3. The third-order valence-electron chi connectivity index (χ3n) is 10.8. The van der Waals surface area contributed by atoms with E-state index in [-0.39, 0.29) is 11.4 Å². The molecule has 6 rings (SSSR count). The lowest BCUT2D eigenvalue weighted by atomic mass is 9.71. The van der Waals surface area contributed by atoms with Crippen LogP contribution in [0.1, 0.15) is 89.5 Å². The van der Waals surface area contributed by atoms with Gasteiger partial charge in [0, 0.05) is 34.2 Å². The van der Waals surface area contributed by atoms with E-state index in [0.29, 0.717) is 58.0 Å². The Morgan fingerprint density at radius 2 is 1.44 bits per heavy atom. The van der Waals surface area contributed by atoms with Crippen LogP contribution in [-0.4, -0.2) is 65.4 Å². The largest absolute Gasteiger partial charge is 0.493 e. The van der Waals surface area contributed by atoms with Crippen LogP contribution < -0.4 is 4.74 Å². The summed E-state index contributed by atoms with van der Waals surface area (Å²) in [6, 6.07) is 19.9. The zero-order chi connectivity index (χ0) is 34.4. The van der Waals surface area contributed by atoms with Gasteiger partial charge < -0.3 is 14.5 Å². The number of rotatable bonds is 6. The lowest BCUT2D eigenvalue weighted by Gasteiger charge is -2.47. The van der Waals surface area contributed by atoms with Crippen LogP contribution in [0.3, 0.4) is 0 Å². The van der Waals surface area contributed by atoms with Gasteiger partial charge >= 0.3 is 6.03 Å². The maximum Gasteiger partial charge on any atom is 0.326 e. The molecule has 0 spiro atoms. The van der Waals surface area contributed by atoms with Gasteiger partial charge in [-0.15, -0.1) is 0 Å². The summed E-state index contributed by atoms with van der Waals surface area (Å²) < 4.78 is 6.33. The van der Waals surface area contributed by atoms with Crippen LogP contribution in [-0.2, 0) is 16.5 Å². The molecule has 9 heteroatoms. The molecule has 3 heterocycles. The average Bonchev–Trinajstić information content (AvgIpc) is 3.68. The quantitative estimate of drug-likeness (QED) is 0.256. The van der Waals surface area contributed by atoms with Gasteiger partial charge in [-0.3, -0.25) is 9.89 Å². The second-order valence-corrected chi connectivity index (χ2v) is 16.0. The Bertz CT molecular complexity index is 1670. The molecule has 48 heavy (non-hydrogen) atoms. The topological polar surface area (TPSA) is 48.4 Å². The van der Waals surface area contributed by atoms with Crippen molar-refractivity contribution in [2.75, 3.05) is 32.8 Å². The second-order valence-electron chi connectivity index (χ2n) is 14.7. The van der Waals surface area contributed by atoms with Gasteiger partial charge in [0.1, 0.15) is 22.7 Å². The van der Waals surface area contributed by atoms with E-state index in [1.54, 1.807) is 0 Å². The number of likely N-dealkylation sites (tertiary alicyclic amines) is 2. The highest BCUT2D eigenvalue weighted by atomic mass is 35.5. The molecule has 3 aromatic carbocycles. The van der Waals surface area contributed by atoms with Crippen molar-refractivity contribution in [3.8, 4) is 5.75 Å². The normalized spacial score (nSPS) is 23.9. The summed E-state index contributed by atoms with van der Waals surface area (Å²) in [5.41, 5.74) is 1.39. The zero-order valence-electron chi connectivity index (χ0n) is 29.0. The van der Waals surface area contributed by atoms with Gasteiger partial charge in [0.25, 0.3) is 0 Å². The number of carbonyl (C=O) groups excluding carboxylic acids is 1. The van der Waals surface area contributed by atoms with E-state index in [1.165, 1.54) is 12.8 Å². The maximum absolute atomic E-state index is 15.3. The number of benzene rings is 3. The molecule has 3 aromatic rings. The van der Waals surface area contributed by atoms with E-state index >= 15 is 4.79 Å². The first kappa shape index (κ1) is 35.1. The molecule has 6 nitrogen and oxygen atoms in total. The van der Waals surface area contributed by atoms with Crippen LogP contribution >= 0.6 is 34.8 Å². The van der Waals surface area contributed by atoms with Crippen LogP contribution in [0.4, 0.5) is 4.79 Å². The lowest BCUT2D eigenvalue weighted by Crippen LogP contribution is -2.59. The van der Waals surface area contributed by atoms with E-state index in [4.69, 9.17) is 44.5 Å². The molecule has 3 aliphatic rings. The molecule has 0 bridgehead atoms. The molecule has 0 aromatic heterocycles. The minimum atomic E-state index is -0.970. The Morgan fingerprint density at radius 1 is 0.875 bits per heavy atom. The van der Waals surface area contributed by atoms with Gasteiger partial charge in [-0.2, -0.15) is 0 Å². The van der Waals surface area contributed by atoms with Crippen molar-refractivity contribution in [2.24, 2.45) is 4.99 Å². The van der Waals surface area contributed by atoms with Crippen molar-refractivity contribution in [2.45, 2.75) is 89.8 Å². The molecule has 0 radical (unpaired) electrons. The van der Waals surface area contributed by atoms with Crippen molar-refractivity contribution in [1.82, 2.24) is 14.7 Å². The smallest absolute Gasteiger partial charge is 0.326 e. The third-order valence-corrected chi connectivity index (χ3v) is 11.6. The Morgan fingerprint density at radius 3 is 1.98 bits per heavy atom. The fourth-order valence-electron chi connectivity index (χ4n) is 7.82. The Hall–Kier alpha value is -2.77. The van der Waals surface area contributed by atoms with Crippen LogP contribution in [0.25, 0.3) is 0 Å². The number of hydrogen-bond acceptors (Lipinski definition) is 4. The summed E-state index contributed by atoms with van der Waals surface area (Å²) in [6.45, 7) is 16.7. The van der Waals surface area contributed by atoms with Gasteiger partial charge in [-0.25, -0.2) is 4.79 Å². The van der Waals surface area contributed by atoms with Crippen molar-refractivity contribution in [3.05, 3.63) is 98.0 Å². The Balaban J connectivity index is 1.55. The second kappa shape index (κ2) is 13.5. The predicted octanol–water partition coefficient (Wildman–Crippen LogP) is 9.92.